The van der Waals surface area contributed by atoms with Crippen LogP contribution in [0.1, 0.15) is 19.3 Å². The van der Waals surface area contributed by atoms with E-state index in [0.29, 0.717) is 12.1 Å². The molecule has 4 nitrogen and oxygen atoms in total. The monoisotopic (exact) mass is 501 g/mol. The lowest BCUT2D eigenvalue weighted by atomic mass is 10.1. The van der Waals surface area contributed by atoms with Crippen LogP contribution in [0.25, 0.3) is 0 Å². The third kappa shape index (κ3) is 5.14. The normalized spacial score (nSPS) is 22.3. The van der Waals surface area contributed by atoms with Crippen LogP contribution < -0.4 is 4.90 Å². The number of aliphatic hydroxyl groups is 1. The number of fused-ring (bicyclic) bond motifs is 4. The molecule has 31 heavy (non-hydrogen) atoms. The summed E-state index contributed by atoms with van der Waals surface area (Å²) in [5, 5.41) is 10.1. The van der Waals surface area contributed by atoms with Gasteiger partial charge in [0.25, 0.3) is 0 Å². The molecule has 2 unspecified atom stereocenters. The molecule has 0 saturated carbocycles. The van der Waals surface area contributed by atoms with Crippen LogP contribution in [-0.4, -0.2) is 66.3 Å². The Bertz CT molecular complexity index is 873. The van der Waals surface area contributed by atoms with Gasteiger partial charge in [0.1, 0.15) is 0 Å². The molecule has 0 spiro atoms. The van der Waals surface area contributed by atoms with Crippen molar-refractivity contribution in [1.29, 1.82) is 0 Å². The van der Waals surface area contributed by atoms with Crippen LogP contribution in [0.2, 0.25) is 5.02 Å². The highest BCUT2D eigenvalue weighted by Crippen LogP contribution is 2.48. The average molecular weight is 503 g/mol. The summed E-state index contributed by atoms with van der Waals surface area (Å²) in [6, 6.07) is 16.2. The predicted molar refractivity (Wildman–Crippen MR) is 135 cm³/mol. The molecular weight excluding hydrogens is 473 g/mol. The van der Waals surface area contributed by atoms with E-state index in [2.05, 4.69) is 51.1 Å². The Labute approximate surface area is 206 Å². The van der Waals surface area contributed by atoms with Gasteiger partial charge in [-0.05, 0) is 49.6 Å². The Hall–Kier alpha value is -0.660. The van der Waals surface area contributed by atoms with Gasteiger partial charge < -0.3 is 10.0 Å². The number of likely N-dealkylation sites (tertiary alicyclic amines) is 1. The lowest BCUT2D eigenvalue weighted by molar-refractivity contribution is 0.0563. The molecule has 0 aromatic heterocycles. The van der Waals surface area contributed by atoms with Crippen molar-refractivity contribution in [2.24, 2.45) is 0 Å². The maximum Gasteiger partial charge on any atom is 0.0567 e. The van der Waals surface area contributed by atoms with Gasteiger partial charge >= 0.3 is 0 Å². The molecule has 0 aliphatic carbocycles. The number of benzene rings is 2. The van der Waals surface area contributed by atoms with Crippen molar-refractivity contribution in [2.45, 2.75) is 41.1 Å². The summed E-state index contributed by atoms with van der Waals surface area (Å²) in [5.41, 5.74) is 2.53. The highest BCUT2D eigenvalue weighted by Gasteiger charge is 2.39. The Balaban J connectivity index is 0.00000136. The molecule has 3 aliphatic heterocycles. The fraction of sp³-hybridized carbons (Fsp3) is 0.478. The molecule has 2 aromatic rings. The summed E-state index contributed by atoms with van der Waals surface area (Å²) in [4.78, 5) is 10.2. The zero-order valence-electron chi connectivity index (χ0n) is 17.5. The van der Waals surface area contributed by atoms with Crippen molar-refractivity contribution in [2.75, 3.05) is 44.2 Å². The molecule has 2 atom stereocenters. The first kappa shape index (κ1) is 25.0. The molecule has 2 aromatic carbocycles. The second kappa shape index (κ2) is 11.0. The standard InChI is InChI=1S/C23H28ClN3OS.2ClH/c24-17-6-9-23-21(14-17)27(20-4-1-2-5-22(20)29-23)11-3-10-26-18-7-8-19(26)16-25(15-18)12-13-28;;/h1-2,4-6,9,14,18-19,28H,3,7-8,10-13,15-16H2;2*1H. The zero-order chi connectivity index (χ0) is 19.8. The van der Waals surface area contributed by atoms with Crippen LogP contribution in [0.5, 0.6) is 0 Å². The molecule has 170 valence electrons. The lowest BCUT2D eigenvalue weighted by Crippen LogP contribution is -2.54. The molecular formula is C23H30Cl3N3OS. The minimum atomic E-state index is 0. The maximum atomic E-state index is 9.27. The summed E-state index contributed by atoms with van der Waals surface area (Å²) in [6.07, 6.45) is 3.74. The average Bonchev–Trinajstić information content (AvgIpc) is 2.96. The highest BCUT2D eigenvalue weighted by molar-refractivity contribution is 7.99. The van der Waals surface area contributed by atoms with Crippen molar-refractivity contribution in [3.05, 3.63) is 47.5 Å². The van der Waals surface area contributed by atoms with Crippen LogP contribution in [0, 0.1) is 0 Å². The van der Waals surface area contributed by atoms with E-state index >= 15 is 0 Å². The van der Waals surface area contributed by atoms with E-state index in [-0.39, 0.29) is 31.4 Å². The van der Waals surface area contributed by atoms with Gasteiger partial charge in [0.2, 0.25) is 0 Å². The molecule has 8 heteroatoms. The first-order valence-electron chi connectivity index (χ1n) is 10.7. The summed E-state index contributed by atoms with van der Waals surface area (Å²) in [5.74, 6) is 0. The van der Waals surface area contributed by atoms with E-state index in [4.69, 9.17) is 11.6 Å². The van der Waals surface area contributed by atoms with Crippen LogP contribution in [0.15, 0.2) is 52.3 Å². The van der Waals surface area contributed by atoms with Crippen LogP contribution in [-0.2, 0) is 0 Å². The molecule has 2 fully saturated rings. The molecule has 2 bridgehead atoms. The van der Waals surface area contributed by atoms with E-state index < -0.39 is 0 Å². The van der Waals surface area contributed by atoms with E-state index in [1.165, 1.54) is 34.0 Å². The van der Waals surface area contributed by atoms with Crippen LogP contribution in [0.4, 0.5) is 11.4 Å². The largest absolute Gasteiger partial charge is 0.395 e. The lowest BCUT2D eigenvalue weighted by Gasteiger charge is -2.41. The summed E-state index contributed by atoms with van der Waals surface area (Å²) in [7, 11) is 0. The van der Waals surface area contributed by atoms with Crippen molar-refractivity contribution < 1.29 is 5.11 Å². The van der Waals surface area contributed by atoms with Crippen molar-refractivity contribution >= 4 is 59.6 Å². The second-order valence-electron chi connectivity index (χ2n) is 8.29. The number of anilines is 2. The van der Waals surface area contributed by atoms with Gasteiger partial charge in [0.05, 0.1) is 18.0 Å². The summed E-state index contributed by atoms with van der Waals surface area (Å²) >= 11 is 8.18. The third-order valence-corrected chi connectivity index (χ3v) is 7.88. The number of piperazine rings is 1. The smallest absolute Gasteiger partial charge is 0.0567 e. The number of nitrogens with zero attached hydrogens (tertiary/aromatic N) is 3. The van der Waals surface area contributed by atoms with Gasteiger partial charge in [-0.1, -0.05) is 35.5 Å². The number of rotatable bonds is 6. The second-order valence-corrected chi connectivity index (χ2v) is 9.81. The number of para-hydroxylation sites is 1. The SMILES string of the molecule is Cl.Cl.OCCN1CC2CCC(C1)N2CCCN1c2ccccc2Sc2ccc(Cl)cc21. The predicted octanol–water partition coefficient (Wildman–Crippen LogP) is 5.32. The van der Waals surface area contributed by atoms with Crippen LogP contribution >= 0.6 is 48.2 Å². The Morgan fingerprint density at radius 1 is 0.903 bits per heavy atom. The molecule has 0 radical (unpaired) electrons. The van der Waals surface area contributed by atoms with Gasteiger partial charge in [0.15, 0.2) is 0 Å². The Kier molecular flexibility index (Phi) is 8.84. The first-order valence-corrected chi connectivity index (χ1v) is 11.9. The van der Waals surface area contributed by atoms with Gasteiger partial charge in [-0.25, -0.2) is 0 Å². The third-order valence-electron chi connectivity index (χ3n) is 6.51. The molecule has 3 aliphatic rings. The number of aliphatic hydroxyl groups excluding tert-OH is 1. The summed E-state index contributed by atoms with van der Waals surface area (Å²) in [6.45, 7) is 5.46. The fourth-order valence-electron chi connectivity index (χ4n) is 5.22. The van der Waals surface area contributed by atoms with Crippen molar-refractivity contribution in [1.82, 2.24) is 9.80 Å². The van der Waals surface area contributed by atoms with Gasteiger partial charge in [-0.3, -0.25) is 9.80 Å². The molecule has 5 rings (SSSR count). The van der Waals surface area contributed by atoms with Gasteiger partial charge in [0, 0.05) is 59.6 Å². The number of β-amino-alcohol motifs (C(OH)–C–C–N with tert-alkyl or cyclic N) is 1. The number of hydrogen-bond donors (Lipinski definition) is 1. The number of hydrogen-bond acceptors (Lipinski definition) is 5. The Morgan fingerprint density at radius 3 is 2.35 bits per heavy atom. The molecule has 3 heterocycles. The van der Waals surface area contributed by atoms with Gasteiger partial charge in [-0.15, -0.1) is 24.8 Å². The fourth-order valence-corrected chi connectivity index (χ4v) is 6.46. The molecule has 1 N–H and O–H groups in total. The van der Waals surface area contributed by atoms with Crippen molar-refractivity contribution in [3.63, 3.8) is 0 Å². The minimum absolute atomic E-state index is 0. The topological polar surface area (TPSA) is 30.0 Å². The highest BCUT2D eigenvalue weighted by atomic mass is 35.5. The van der Waals surface area contributed by atoms with Crippen molar-refractivity contribution in [3.8, 4) is 0 Å². The van der Waals surface area contributed by atoms with E-state index in [1.807, 2.05) is 17.8 Å². The van der Waals surface area contributed by atoms with Gasteiger partial charge in [-0.2, -0.15) is 0 Å². The quantitative estimate of drug-likeness (QED) is 0.578. The zero-order valence-corrected chi connectivity index (χ0v) is 20.7. The molecule has 2 saturated heterocycles. The number of halogens is 3. The summed E-state index contributed by atoms with van der Waals surface area (Å²) < 4.78 is 0. The van der Waals surface area contributed by atoms with E-state index in [1.54, 1.807) is 0 Å². The first-order chi connectivity index (χ1) is 14.2. The van der Waals surface area contributed by atoms with E-state index in [0.717, 1.165) is 44.2 Å². The molecule has 0 amide bonds. The van der Waals surface area contributed by atoms with Crippen LogP contribution in [0.3, 0.4) is 0 Å². The minimum Gasteiger partial charge on any atom is -0.395 e. The Morgan fingerprint density at radius 2 is 1.61 bits per heavy atom. The van der Waals surface area contributed by atoms with E-state index in [9.17, 15) is 5.11 Å². The maximum absolute atomic E-state index is 9.27.